The first kappa shape index (κ1) is 14.6. The molecule has 18 heavy (non-hydrogen) atoms. The maximum absolute atomic E-state index is 11.7. The summed E-state index contributed by atoms with van der Waals surface area (Å²) in [4.78, 5) is 13.6. The molecule has 0 fully saturated rings. The Morgan fingerprint density at radius 1 is 1.61 bits per heavy atom. The number of methoxy groups -OCH3 is 1. The Hall–Kier alpha value is -1.44. The molecular weight excluding hydrogens is 238 g/mol. The van der Waals surface area contributed by atoms with Gasteiger partial charge >= 0.3 is 0 Å². The maximum Gasteiger partial charge on any atom is 0.268 e. The summed E-state index contributed by atoms with van der Waals surface area (Å²) in [6, 6.07) is 1.44. The van der Waals surface area contributed by atoms with Crippen LogP contribution in [0.1, 0.15) is 0 Å². The highest BCUT2D eigenvalue weighted by Gasteiger charge is 2.08. The molecule has 1 rings (SSSR count). The highest BCUT2D eigenvalue weighted by Crippen LogP contribution is 2.06. The molecule has 0 aliphatic heterocycles. The van der Waals surface area contributed by atoms with E-state index >= 15 is 0 Å². The van der Waals surface area contributed by atoms with E-state index in [0.717, 1.165) is 4.68 Å². The van der Waals surface area contributed by atoms with Crippen LogP contribution in [0.15, 0.2) is 17.1 Å². The highest BCUT2D eigenvalue weighted by molar-refractivity contribution is 5.41. The first-order chi connectivity index (χ1) is 8.58. The lowest BCUT2D eigenvalue weighted by atomic mass is 10.3. The van der Waals surface area contributed by atoms with E-state index in [2.05, 4.69) is 5.10 Å². The zero-order valence-corrected chi connectivity index (χ0v) is 10.6. The minimum Gasteiger partial charge on any atom is -0.394 e. The molecule has 0 spiro atoms. The van der Waals surface area contributed by atoms with Crippen molar-refractivity contribution in [2.24, 2.45) is 0 Å². The first-order valence-electron chi connectivity index (χ1n) is 5.64. The third-order valence-corrected chi connectivity index (χ3v) is 2.52. The second kappa shape index (κ2) is 7.10. The monoisotopic (exact) mass is 257 g/mol. The Labute approximate surface area is 105 Å². The number of ether oxygens (including phenoxy) is 1. The van der Waals surface area contributed by atoms with E-state index < -0.39 is 12.7 Å². The van der Waals surface area contributed by atoms with Crippen LogP contribution >= 0.6 is 0 Å². The molecule has 0 aromatic carbocycles. The lowest BCUT2D eigenvalue weighted by Crippen LogP contribution is -2.31. The molecule has 1 aromatic rings. The first-order valence-corrected chi connectivity index (χ1v) is 5.64. The minimum atomic E-state index is -0.979. The molecular formula is C11H19N3O4. The van der Waals surface area contributed by atoms with Gasteiger partial charge in [0, 0.05) is 26.8 Å². The van der Waals surface area contributed by atoms with Gasteiger partial charge in [0.2, 0.25) is 0 Å². The molecule has 7 heteroatoms. The van der Waals surface area contributed by atoms with Crippen LogP contribution in [0.25, 0.3) is 0 Å². The van der Waals surface area contributed by atoms with Crippen molar-refractivity contribution >= 4 is 5.69 Å². The lowest BCUT2D eigenvalue weighted by Gasteiger charge is -2.18. The van der Waals surface area contributed by atoms with Gasteiger partial charge < -0.3 is 19.8 Å². The molecule has 0 saturated heterocycles. The fourth-order valence-corrected chi connectivity index (χ4v) is 1.38. The minimum absolute atomic E-state index is 0.0165. The summed E-state index contributed by atoms with van der Waals surface area (Å²) in [6.07, 6.45) is 0.563. The van der Waals surface area contributed by atoms with Gasteiger partial charge in [-0.25, -0.2) is 4.68 Å². The molecule has 102 valence electrons. The van der Waals surface area contributed by atoms with Crippen LogP contribution in [0.5, 0.6) is 0 Å². The number of anilines is 1. The van der Waals surface area contributed by atoms with Gasteiger partial charge in [-0.1, -0.05) is 0 Å². The predicted octanol–water partition coefficient (Wildman–Crippen LogP) is -1.32. The second-order valence-electron chi connectivity index (χ2n) is 3.98. The van der Waals surface area contributed by atoms with Gasteiger partial charge in [0.25, 0.3) is 5.56 Å². The number of nitrogens with zero attached hydrogens (tertiary/aromatic N) is 3. The lowest BCUT2D eigenvalue weighted by molar-refractivity contribution is 0.0770. The largest absolute Gasteiger partial charge is 0.394 e. The summed E-state index contributed by atoms with van der Waals surface area (Å²) in [5.41, 5.74) is 0.371. The number of rotatable bonds is 7. The van der Waals surface area contributed by atoms with Crippen molar-refractivity contribution in [1.29, 1.82) is 0 Å². The highest BCUT2D eigenvalue weighted by atomic mass is 16.5. The van der Waals surface area contributed by atoms with Crippen LogP contribution in [0, 0.1) is 0 Å². The van der Waals surface area contributed by atoms with E-state index in [1.54, 1.807) is 13.3 Å². The van der Waals surface area contributed by atoms with Crippen LogP contribution in [-0.2, 0) is 11.3 Å². The molecule has 0 radical (unpaired) electrons. The molecule has 2 N–H and O–H groups in total. The molecule has 1 unspecified atom stereocenters. The number of hydrogen-bond donors (Lipinski definition) is 2. The second-order valence-corrected chi connectivity index (χ2v) is 3.98. The summed E-state index contributed by atoms with van der Waals surface area (Å²) in [7, 11) is 3.45. The van der Waals surface area contributed by atoms with Gasteiger partial charge in [-0.15, -0.1) is 0 Å². The third-order valence-electron chi connectivity index (χ3n) is 2.52. The Kier molecular flexibility index (Phi) is 5.76. The van der Waals surface area contributed by atoms with Gasteiger partial charge in [-0.2, -0.15) is 5.10 Å². The number of likely N-dealkylation sites (N-methyl/N-ethyl adjacent to an activating group) is 1. The summed E-state index contributed by atoms with van der Waals surface area (Å²) in [5.74, 6) is 0. The van der Waals surface area contributed by atoms with Crippen molar-refractivity contribution in [3.63, 3.8) is 0 Å². The SMILES string of the molecule is COCCN(C)c1cnn(CC(O)CO)c(=O)c1. The van der Waals surface area contributed by atoms with E-state index in [9.17, 15) is 9.90 Å². The third kappa shape index (κ3) is 4.10. The molecule has 1 aromatic heterocycles. The zero-order chi connectivity index (χ0) is 13.5. The smallest absolute Gasteiger partial charge is 0.268 e. The molecule has 1 heterocycles. The average Bonchev–Trinajstić information content (AvgIpc) is 2.38. The predicted molar refractivity (Wildman–Crippen MR) is 66.7 cm³/mol. The normalized spacial score (nSPS) is 12.4. The van der Waals surface area contributed by atoms with Crippen molar-refractivity contribution < 1.29 is 14.9 Å². The number of hydrogen-bond acceptors (Lipinski definition) is 6. The summed E-state index contributed by atoms with van der Waals surface area (Å²) >= 11 is 0. The topological polar surface area (TPSA) is 87.8 Å². The summed E-state index contributed by atoms with van der Waals surface area (Å²) in [6.45, 7) is 0.796. The molecule has 0 aliphatic carbocycles. The van der Waals surface area contributed by atoms with E-state index in [-0.39, 0.29) is 12.1 Å². The zero-order valence-electron chi connectivity index (χ0n) is 10.6. The van der Waals surface area contributed by atoms with Gasteiger partial charge in [0.1, 0.15) is 0 Å². The van der Waals surface area contributed by atoms with E-state index in [1.807, 2.05) is 11.9 Å². The fourth-order valence-electron chi connectivity index (χ4n) is 1.38. The van der Waals surface area contributed by atoms with Crippen molar-refractivity contribution in [2.75, 3.05) is 38.8 Å². The molecule has 0 amide bonds. The van der Waals surface area contributed by atoms with Gasteiger partial charge in [0.15, 0.2) is 0 Å². The fraction of sp³-hybridized carbons (Fsp3) is 0.636. The Morgan fingerprint density at radius 2 is 2.33 bits per heavy atom. The summed E-state index contributed by atoms with van der Waals surface area (Å²) in [5, 5.41) is 21.9. The van der Waals surface area contributed by atoms with E-state index in [1.165, 1.54) is 6.07 Å². The summed E-state index contributed by atoms with van der Waals surface area (Å²) < 4.78 is 6.07. The van der Waals surface area contributed by atoms with Crippen molar-refractivity contribution in [2.45, 2.75) is 12.6 Å². The Bertz CT molecular complexity index is 421. The van der Waals surface area contributed by atoms with Crippen molar-refractivity contribution in [3.8, 4) is 0 Å². The molecule has 0 bridgehead atoms. The van der Waals surface area contributed by atoms with Crippen LogP contribution in [0.3, 0.4) is 0 Å². The number of aromatic nitrogens is 2. The van der Waals surface area contributed by atoms with E-state index in [4.69, 9.17) is 9.84 Å². The van der Waals surface area contributed by atoms with Crippen LogP contribution in [-0.4, -0.2) is 60.0 Å². The Balaban J connectivity index is 2.75. The molecule has 0 saturated carbocycles. The van der Waals surface area contributed by atoms with E-state index in [0.29, 0.717) is 18.8 Å². The molecule has 1 atom stereocenters. The van der Waals surface area contributed by atoms with Gasteiger partial charge in [-0.3, -0.25) is 4.79 Å². The Morgan fingerprint density at radius 3 is 2.89 bits per heavy atom. The average molecular weight is 257 g/mol. The quantitative estimate of drug-likeness (QED) is 0.630. The van der Waals surface area contributed by atoms with Crippen molar-refractivity contribution in [1.82, 2.24) is 9.78 Å². The molecule has 0 aliphatic rings. The van der Waals surface area contributed by atoms with Crippen molar-refractivity contribution in [3.05, 3.63) is 22.6 Å². The standard InChI is InChI=1S/C11H19N3O4/c1-13(3-4-18-2)9-5-11(17)14(12-6-9)7-10(16)8-15/h5-6,10,15-16H,3-4,7-8H2,1-2H3. The van der Waals surface area contributed by atoms with Gasteiger partial charge in [0.05, 0.1) is 37.7 Å². The van der Waals surface area contributed by atoms with Gasteiger partial charge in [-0.05, 0) is 0 Å². The maximum atomic E-state index is 11.7. The molecule has 7 nitrogen and oxygen atoms in total. The number of aliphatic hydroxyl groups is 2. The van der Waals surface area contributed by atoms with Crippen LogP contribution in [0.2, 0.25) is 0 Å². The van der Waals surface area contributed by atoms with Crippen LogP contribution < -0.4 is 10.5 Å². The van der Waals surface area contributed by atoms with Crippen LogP contribution in [0.4, 0.5) is 5.69 Å². The number of aliphatic hydroxyl groups excluding tert-OH is 2.